The predicted octanol–water partition coefficient (Wildman–Crippen LogP) is 4.87. The van der Waals surface area contributed by atoms with E-state index in [1.165, 1.54) is 12.1 Å². The molecule has 4 rings (SSSR count). The number of nitrogens with one attached hydrogen (secondary N) is 1. The Labute approximate surface area is 174 Å². The number of halogens is 2. The van der Waals surface area contributed by atoms with Crippen molar-refractivity contribution in [1.29, 1.82) is 0 Å². The van der Waals surface area contributed by atoms with E-state index in [4.69, 9.17) is 0 Å². The van der Waals surface area contributed by atoms with E-state index in [-0.39, 0.29) is 11.4 Å². The van der Waals surface area contributed by atoms with Gasteiger partial charge >= 0.3 is 0 Å². The summed E-state index contributed by atoms with van der Waals surface area (Å²) >= 11 is 3.43. The van der Waals surface area contributed by atoms with Crippen LogP contribution >= 0.6 is 15.9 Å². The molecule has 4 aromatic rings. The number of fused-ring (bicyclic) bond motifs is 1. The first-order valence-electron chi connectivity index (χ1n) is 8.91. The molecule has 2 aromatic heterocycles. The van der Waals surface area contributed by atoms with Crippen molar-refractivity contribution in [2.45, 2.75) is 20.8 Å². The molecule has 8 heteroatoms. The van der Waals surface area contributed by atoms with Crippen LogP contribution in [-0.4, -0.2) is 25.7 Å². The molecule has 29 heavy (non-hydrogen) atoms. The molecule has 0 aliphatic carbocycles. The van der Waals surface area contributed by atoms with Gasteiger partial charge in [0.05, 0.1) is 22.6 Å². The van der Waals surface area contributed by atoms with Gasteiger partial charge in [-0.15, -0.1) is 10.2 Å². The molecule has 0 saturated heterocycles. The van der Waals surface area contributed by atoms with Gasteiger partial charge in [0.1, 0.15) is 5.82 Å². The summed E-state index contributed by atoms with van der Waals surface area (Å²) in [5.41, 5.74) is 4.60. The quantitative estimate of drug-likeness (QED) is 0.480. The number of hydrogen-bond donors (Lipinski definition) is 1. The van der Waals surface area contributed by atoms with E-state index in [1.54, 1.807) is 24.4 Å². The highest BCUT2D eigenvalue weighted by Crippen LogP contribution is 2.29. The summed E-state index contributed by atoms with van der Waals surface area (Å²) in [7, 11) is 0. The highest BCUT2D eigenvalue weighted by Gasteiger charge is 2.21. The molecule has 0 saturated carbocycles. The monoisotopic (exact) mass is 453 g/mol. The Hall–Kier alpha value is -3.13. The molecule has 0 radical (unpaired) electrons. The third-order valence-corrected chi connectivity index (χ3v) is 5.19. The minimum atomic E-state index is -0.544. The average molecular weight is 454 g/mol. The van der Waals surface area contributed by atoms with Gasteiger partial charge in [-0.1, -0.05) is 34.1 Å². The minimum Gasteiger partial charge on any atom is -0.318 e. The van der Waals surface area contributed by atoms with Gasteiger partial charge in [0.15, 0.2) is 11.3 Å². The number of aromatic nitrogens is 4. The highest BCUT2D eigenvalue weighted by atomic mass is 79.9. The number of nitrogens with zero attached hydrogens (tertiary/aromatic N) is 4. The topological polar surface area (TPSA) is 72.2 Å². The number of carbonyl (C=O) groups is 1. The highest BCUT2D eigenvalue weighted by molar-refractivity contribution is 9.10. The molecule has 0 atom stereocenters. The molecule has 0 aliphatic rings. The van der Waals surface area contributed by atoms with Gasteiger partial charge in [-0.2, -0.15) is 5.10 Å². The van der Waals surface area contributed by atoms with Crippen molar-refractivity contribution in [1.82, 2.24) is 19.8 Å². The van der Waals surface area contributed by atoms with Gasteiger partial charge < -0.3 is 5.32 Å². The Morgan fingerprint density at radius 2 is 1.79 bits per heavy atom. The zero-order chi connectivity index (χ0) is 20.7. The lowest BCUT2D eigenvalue weighted by atomic mass is 10.1. The predicted molar refractivity (Wildman–Crippen MR) is 112 cm³/mol. The first kappa shape index (κ1) is 19.2. The molecule has 1 amide bonds. The van der Waals surface area contributed by atoms with Crippen molar-refractivity contribution in [2.75, 3.05) is 5.32 Å². The maximum atomic E-state index is 14.1. The molecular weight excluding hydrogens is 437 g/mol. The first-order valence-corrected chi connectivity index (χ1v) is 9.70. The number of amides is 1. The van der Waals surface area contributed by atoms with Crippen LogP contribution in [0.3, 0.4) is 0 Å². The van der Waals surface area contributed by atoms with Crippen LogP contribution in [0.4, 0.5) is 10.1 Å². The lowest BCUT2D eigenvalue weighted by Gasteiger charge is -2.09. The summed E-state index contributed by atoms with van der Waals surface area (Å²) in [5, 5.41) is 15.5. The Balaban J connectivity index is 1.75. The largest absolute Gasteiger partial charge is 0.318 e. The number of anilines is 1. The molecule has 6 nitrogen and oxygen atoms in total. The number of benzene rings is 2. The lowest BCUT2D eigenvalue weighted by Crippen LogP contribution is -2.19. The molecule has 0 fully saturated rings. The van der Waals surface area contributed by atoms with Gasteiger partial charge in [0.2, 0.25) is 0 Å². The molecule has 2 aromatic carbocycles. The summed E-state index contributed by atoms with van der Waals surface area (Å²) < 4.78 is 16.7. The van der Waals surface area contributed by atoms with Crippen LogP contribution in [0.1, 0.15) is 27.4 Å². The zero-order valence-corrected chi connectivity index (χ0v) is 17.6. The van der Waals surface area contributed by atoms with E-state index in [0.717, 1.165) is 26.9 Å². The fourth-order valence-electron chi connectivity index (χ4n) is 3.18. The Morgan fingerprint density at radius 1 is 1.07 bits per heavy atom. The van der Waals surface area contributed by atoms with E-state index >= 15 is 0 Å². The van der Waals surface area contributed by atoms with Gasteiger partial charge in [0.25, 0.3) is 5.91 Å². The fraction of sp³-hybridized carbons (Fsp3) is 0.143. The zero-order valence-electron chi connectivity index (χ0n) is 16.0. The molecule has 0 bridgehead atoms. The second-order valence-corrected chi connectivity index (χ2v) is 7.69. The third kappa shape index (κ3) is 3.51. The summed E-state index contributed by atoms with van der Waals surface area (Å²) in [6.45, 7) is 5.40. The molecule has 0 spiro atoms. The van der Waals surface area contributed by atoms with Gasteiger partial charge in [0, 0.05) is 4.47 Å². The normalized spacial score (nSPS) is 11.1. The molecule has 0 aliphatic heterocycles. The lowest BCUT2D eigenvalue weighted by molar-refractivity contribution is 0.101. The summed E-state index contributed by atoms with van der Waals surface area (Å²) in [5.74, 6) is -1.05. The number of aryl methyl sites for hydroxylation is 3. The van der Waals surface area contributed by atoms with Crippen molar-refractivity contribution in [3.63, 3.8) is 0 Å². The average Bonchev–Trinajstić information content (AvgIpc) is 3.02. The maximum absolute atomic E-state index is 14.1. The number of carbonyl (C=O) groups excluding carboxylic acids is 1. The summed E-state index contributed by atoms with van der Waals surface area (Å²) in [6, 6.07) is 12.4. The Kier molecular flexibility index (Phi) is 4.87. The van der Waals surface area contributed by atoms with Crippen molar-refractivity contribution >= 4 is 33.2 Å². The molecular formula is C21H17BrFN5O. The summed E-state index contributed by atoms with van der Waals surface area (Å²) in [4.78, 5) is 12.7. The minimum absolute atomic E-state index is 0.0855. The second-order valence-electron chi connectivity index (χ2n) is 6.77. The molecule has 0 unspecified atom stereocenters. The van der Waals surface area contributed by atoms with Crippen molar-refractivity contribution < 1.29 is 9.18 Å². The molecule has 1 N–H and O–H groups in total. The van der Waals surface area contributed by atoms with E-state index in [0.29, 0.717) is 11.3 Å². The summed E-state index contributed by atoms with van der Waals surface area (Å²) in [6.07, 6.45) is 0. The van der Waals surface area contributed by atoms with Gasteiger partial charge in [-0.3, -0.25) is 4.79 Å². The second kappa shape index (κ2) is 7.36. The Bertz CT molecular complexity index is 1250. The van der Waals surface area contributed by atoms with E-state index in [9.17, 15) is 9.18 Å². The van der Waals surface area contributed by atoms with Gasteiger partial charge in [-0.25, -0.2) is 8.91 Å². The van der Waals surface area contributed by atoms with Crippen LogP contribution < -0.4 is 5.32 Å². The van der Waals surface area contributed by atoms with Crippen molar-refractivity contribution in [3.8, 4) is 11.1 Å². The first-order chi connectivity index (χ1) is 13.8. The van der Waals surface area contributed by atoms with Crippen LogP contribution in [0.15, 0.2) is 46.9 Å². The standard InChI is InChI=1S/C21H17BrFN5O/c1-11-4-9-17(16(23)10-11)24-21(29)19-13(3)28-20(26-25-19)18(12(2)27-28)14-5-7-15(22)8-6-14/h4-10H,1-3H3,(H,24,29). The van der Waals surface area contributed by atoms with Crippen LogP contribution in [-0.2, 0) is 0 Å². The van der Waals surface area contributed by atoms with E-state index < -0.39 is 11.7 Å². The van der Waals surface area contributed by atoms with Gasteiger partial charge in [-0.05, 0) is 56.2 Å². The van der Waals surface area contributed by atoms with Crippen LogP contribution in [0.25, 0.3) is 16.8 Å². The SMILES string of the molecule is Cc1ccc(NC(=O)c2nnc3c(-c4ccc(Br)cc4)c(C)nn3c2C)c(F)c1. The van der Waals surface area contributed by atoms with E-state index in [2.05, 4.69) is 36.5 Å². The smallest absolute Gasteiger partial charge is 0.278 e. The van der Waals surface area contributed by atoms with Crippen LogP contribution in [0.5, 0.6) is 0 Å². The maximum Gasteiger partial charge on any atom is 0.278 e. The van der Waals surface area contributed by atoms with Crippen molar-refractivity contribution in [3.05, 3.63) is 75.4 Å². The fourth-order valence-corrected chi connectivity index (χ4v) is 3.44. The third-order valence-electron chi connectivity index (χ3n) is 4.66. The van der Waals surface area contributed by atoms with Crippen molar-refractivity contribution in [2.24, 2.45) is 0 Å². The van der Waals surface area contributed by atoms with Crippen LogP contribution in [0, 0.1) is 26.6 Å². The molecule has 146 valence electrons. The Morgan fingerprint density at radius 3 is 2.48 bits per heavy atom. The molecule has 2 heterocycles. The van der Waals surface area contributed by atoms with Crippen LogP contribution in [0.2, 0.25) is 0 Å². The van der Waals surface area contributed by atoms with E-state index in [1.807, 2.05) is 31.2 Å². The number of hydrogen-bond acceptors (Lipinski definition) is 4. The number of rotatable bonds is 3.